The Morgan fingerprint density at radius 3 is 1.97 bits per heavy atom. The van der Waals surface area contributed by atoms with E-state index in [-0.39, 0.29) is 18.1 Å². The van der Waals surface area contributed by atoms with E-state index >= 15 is 0 Å². The number of allylic oxidation sites excluding steroid dienone is 2. The van der Waals surface area contributed by atoms with Crippen LogP contribution in [0.5, 0.6) is 0 Å². The van der Waals surface area contributed by atoms with Crippen molar-refractivity contribution in [2.45, 2.75) is 62.0 Å². The summed E-state index contributed by atoms with van der Waals surface area (Å²) in [7, 11) is 1.88. The van der Waals surface area contributed by atoms with Crippen LogP contribution in [0.3, 0.4) is 0 Å². The van der Waals surface area contributed by atoms with E-state index in [9.17, 15) is 9.90 Å². The van der Waals surface area contributed by atoms with Crippen LogP contribution in [-0.2, 0) is 6.61 Å². The number of nitrogens with one attached hydrogen (secondary N) is 2. The molecule has 0 aliphatic heterocycles. The number of anilines is 2. The lowest BCUT2D eigenvalue weighted by Gasteiger charge is -2.26. The highest BCUT2D eigenvalue weighted by Gasteiger charge is 2.17. The zero-order chi connectivity index (χ0) is 25.6. The van der Waals surface area contributed by atoms with Crippen LogP contribution in [0.1, 0.15) is 59.6 Å². The molecule has 0 bridgehead atoms. The predicted octanol–water partition coefficient (Wildman–Crippen LogP) is 7.24. The summed E-state index contributed by atoms with van der Waals surface area (Å²) in [5.41, 5.74) is 4.31. The number of hydrogen-bond donors (Lipinski definition) is 3. The second kappa shape index (κ2) is 14.9. The minimum Gasteiger partial charge on any atom is -0.392 e. The number of aryl methyl sites for hydroxylation is 1. The summed E-state index contributed by atoms with van der Waals surface area (Å²) < 4.78 is 0. The molecule has 2 amide bonds. The van der Waals surface area contributed by atoms with Crippen molar-refractivity contribution in [3.63, 3.8) is 0 Å². The molecule has 0 saturated heterocycles. The summed E-state index contributed by atoms with van der Waals surface area (Å²) in [4.78, 5) is 14.5. The lowest BCUT2D eigenvalue weighted by molar-refractivity contribution is 0.254. The van der Waals surface area contributed by atoms with Crippen molar-refractivity contribution in [3.05, 3.63) is 83.7 Å². The number of benzene rings is 2. The van der Waals surface area contributed by atoms with Crippen LogP contribution in [0.25, 0.3) is 0 Å². The van der Waals surface area contributed by atoms with E-state index in [1.54, 1.807) is 0 Å². The largest absolute Gasteiger partial charge is 0.392 e. The van der Waals surface area contributed by atoms with Gasteiger partial charge in [0.05, 0.1) is 6.61 Å². The fourth-order valence-electron chi connectivity index (χ4n) is 2.48. The normalized spacial score (nSPS) is 10.7. The predicted molar refractivity (Wildman–Crippen MR) is 143 cm³/mol. The molecule has 2 aromatic rings. The van der Waals surface area contributed by atoms with E-state index < -0.39 is 0 Å². The second-order valence-electron chi connectivity index (χ2n) is 8.13. The molecular formula is C28H43N3O2. The first-order chi connectivity index (χ1) is 15.6. The van der Waals surface area contributed by atoms with Gasteiger partial charge in [0.2, 0.25) is 0 Å². The number of carbonyl (C=O) groups is 1. The van der Waals surface area contributed by atoms with Gasteiger partial charge in [-0.15, -0.1) is 0 Å². The van der Waals surface area contributed by atoms with E-state index in [2.05, 4.69) is 38.0 Å². The lowest BCUT2D eigenvalue weighted by Crippen LogP contribution is -2.36. The quantitative estimate of drug-likeness (QED) is 0.404. The average Bonchev–Trinajstić information content (AvgIpc) is 2.81. The highest BCUT2D eigenvalue weighted by atomic mass is 16.3. The fourth-order valence-corrected chi connectivity index (χ4v) is 2.48. The standard InChI is InChI=1S/C24H31N3O2.2C2H6/c1-17-7-11-20(12-8-17)25-23(29)26-22(15-18(2)24(3,4)5)27(6)21-13-9-19(16-28)10-14-21;2*1-2/h7-15,28H,2,16H2,1,3-6H3,(H2,25,26,29);2*1-2H3/b22-15-;;. The van der Waals surface area contributed by atoms with E-state index in [0.717, 1.165) is 28.1 Å². The minimum atomic E-state index is -0.333. The van der Waals surface area contributed by atoms with Crippen molar-refractivity contribution < 1.29 is 9.90 Å². The molecule has 182 valence electrons. The van der Waals surface area contributed by atoms with Crippen molar-refractivity contribution in [2.75, 3.05) is 17.3 Å². The third-order valence-corrected chi connectivity index (χ3v) is 4.69. The van der Waals surface area contributed by atoms with Crippen molar-refractivity contribution in [1.29, 1.82) is 0 Å². The van der Waals surface area contributed by atoms with Gasteiger partial charge in [0.1, 0.15) is 5.82 Å². The number of amides is 2. The van der Waals surface area contributed by atoms with Gasteiger partial charge in [0.25, 0.3) is 0 Å². The van der Waals surface area contributed by atoms with Crippen LogP contribution in [0.2, 0.25) is 0 Å². The maximum absolute atomic E-state index is 12.6. The first kappa shape index (κ1) is 30.0. The van der Waals surface area contributed by atoms with E-state index in [1.807, 2.05) is 101 Å². The molecule has 3 N–H and O–H groups in total. The Bertz CT molecular complexity index is 877. The van der Waals surface area contributed by atoms with Crippen LogP contribution in [0, 0.1) is 12.3 Å². The molecule has 0 aromatic heterocycles. The van der Waals surface area contributed by atoms with Gasteiger partial charge in [-0.2, -0.15) is 0 Å². The first-order valence-corrected chi connectivity index (χ1v) is 11.6. The molecule has 0 heterocycles. The SMILES string of the molecule is C=C(/C=C(/NC(=O)Nc1ccc(C)cc1)N(C)c1ccc(CO)cc1)C(C)(C)C.CC.CC. The monoisotopic (exact) mass is 453 g/mol. The molecule has 0 spiro atoms. The van der Waals surface area contributed by atoms with Crippen molar-refractivity contribution in [1.82, 2.24) is 5.32 Å². The Balaban J connectivity index is 0.00000242. The lowest BCUT2D eigenvalue weighted by atomic mass is 9.87. The molecule has 0 aliphatic carbocycles. The van der Waals surface area contributed by atoms with Gasteiger partial charge >= 0.3 is 6.03 Å². The number of nitrogens with zero attached hydrogens (tertiary/aromatic N) is 1. The van der Waals surface area contributed by atoms with Gasteiger partial charge in [-0.25, -0.2) is 4.79 Å². The van der Waals surface area contributed by atoms with Gasteiger partial charge in [-0.1, -0.05) is 84.9 Å². The van der Waals surface area contributed by atoms with Crippen molar-refractivity contribution >= 4 is 17.4 Å². The van der Waals surface area contributed by atoms with Crippen LogP contribution in [0.4, 0.5) is 16.2 Å². The summed E-state index contributed by atoms with van der Waals surface area (Å²) in [5.74, 6) is 0.603. The summed E-state index contributed by atoms with van der Waals surface area (Å²) in [6.07, 6.45) is 1.88. The topological polar surface area (TPSA) is 64.6 Å². The summed E-state index contributed by atoms with van der Waals surface area (Å²) in [6, 6.07) is 14.8. The molecule has 0 radical (unpaired) electrons. The number of hydrogen-bond acceptors (Lipinski definition) is 3. The van der Waals surface area contributed by atoms with Crippen molar-refractivity contribution in [3.8, 4) is 0 Å². The number of urea groups is 1. The first-order valence-electron chi connectivity index (χ1n) is 11.6. The number of carbonyl (C=O) groups excluding carboxylic acids is 1. The third kappa shape index (κ3) is 10.4. The molecular weight excluding hydrogens is 410 g/mol. The second-order valence-corrected chi connectivity index (χ2v) is 8.13. The van der Waals surface area contributed by atoms with Gasteiger partial charge in [-0.3, -0.25) is 5.32 Å². The number of aliphatic hydroxyl groups excluding tert-OH is 1. The Kier molecular flexibility index (Phi) is 13.5. The van der Waals surface area contributed by atoms with E-state index in [4.69, 9.17) is 0 Å². The Morgan fingerprint density at radius 2 is 1.52 bits per heavy atom. The van der Waals surface area contributed by atoms with Crippen LogP contribution in [-0.4, -0.2) is 18.2 Å². The number of aliphatic hydroxyl groups is 1. The smallest absolute Gasteiger partial charge is 0.324 e. The summed E-state index contributed by atoms with van der Waals surface area (Å²) in [5, 5.41) is 15.1. The van der Waals surface area contributed by atoms with Gasteiger partial charge < -0.3 is 15.3 Å². The zero-order valence-corrected chi connectivity index (χ0v) is 21.9. The zero-order valence-electron chi connectivity index (χ0n) is 21.9. The molecule has 0 fully saturated rings. The summed E-state index contributed by atoms with van der Waals surface area (Å²) >= 11 is 0. The molecule has 2 rings (SSSR count). The molecule has 0 unspecified atom stereocenters. The highest BCUT2D eigenvalue weighted by molar-refractivity contribution is 5.90. The number of rotatable bonds is 6. The van der Waals surface area contributed by atoms with Gasteiger partial charge in [0.15, 0.2) is 0 Å². The van der Waals surface area contributed by atoms with Crippen LogP contribution < -0.4 is 15.5 Å². The Hall–Kier alpha value is -3.05. The minimum absolute atomic E-state index is 0.00920. The fraction of sp³-hybridized carbons (Fsp3) is 0.393. The van der Waals surface area contributed by atoms with E-state index in [1.165, 1.54) is 0 Å². The van der Waals surface area contributed by atoms with E-state index in [0.29, 0.717) is 5.82 Å². The molecule has 0 atom stereocenters. The maximum atomic E-state index is 12.6. The van der Waals surface area contributed by atoms with Gasteiger partial charge in [0, 0.05) is 18.4 Å². The Morgan fingerprint density at radius 1 is 1.00 bits per heavy atom. The van der Waals surface area contributed by atoms with Gasteiger partial charge in [-0.05, 0) is 53.8 Å². The highest BCUT2D eigenvalue weighted by Crippen LogP contribution is 2.27. The van der Waals surface area contributed by atoms with Crippen LogP contribution >= 0.6 is 0 Å². The average molecular weight is 454 g/mol. The molecule has 33 heavy (non-hydrogen) atoms. The maximum Gasteiger partial charge on any atom is 0.324 e. The van der Waals surface area contributed by atoms with Crippen LogP contribution in [0.15, 0.2) is 72.6 Å². The summed E-state index contributed by atoms with van der Waals surface area (Å²) in [6.45, 7) is 20.4. The molecule has 5 nitrogen and oxygen atoms in total. The molecule has 0 aliphatic rings. The third-order valence-electron chi connectivity index (χ3n) is 4.69. The molecule has 5 heteroatoms. The molecule has 0 saturated carbocycles. The van der Waals surface area contributed by atoms with Crippen molar-refractivity contribution in [2.24, 2.45) is 5.41 Å². The Labute approximate surface area is 201 Å². The molecule has 2 aromatic carbocycles.